The Morgan fingerprint density at radius 1 is 1.41 bits per heavy atom. The molecule has 1 aliphatic rings. The first-order valence-electron chi connectivity index (χ1n) is 7.00. The van der Waals surface area contributed by atoms with Crippen molar-refractivity contribution in [3.05, 3.63) is 39.2 Å². The first-order valence-corrected chi connectivity index (χ1v) is 7.00. The zero-order chi connectivity index (χ0) is 16.5. The lowest BCUT2D eigenvalue weighted by Crippen LogP contribution is -2.41. The van der Waals surface area contributed by atoms with Gasteiger partial charge in [0, 0.05) is 6.20 Å². The molecule has 0 saturated carbocycles. The molecule has 0 bridgehead atoms. The number of rotatable bonds is 3. The highest BCUT2D eigenvalue weighted by Crippen LogP contribution is 2.38. The molecule has 7 heteroatoms. The van der Waals surface area contributed by atoms with Crippen LogP contribution in [0.15, 0.2) is 22.5 Å². The van der Waals surface area contributed by atoms with E-state index in [0.29, 0.717) is 11.0 Å². The predicted octanol–water partition coefficient (Wildman–Crippen LogP) is 1.25. The van der Waals surface area contributed by atoms with E-state index < -0.39 is 23.9 Å². The number of hydrogen-bond acceptors (Lipinski definition) is 5. The Kier molecular flexibility index (Phi) is 4.29. The minimum atomic E-state index is -0.674. The minimum Gasteiger partial charge on any atom is -0.400 e. The van der Waals surface area contributed by atoms with E-state index >= 15 is 0 Å². The molecule has 1 aromatic rings. The van der Waals surface area contributed by atoms with Gasteiger partial charge < -0.3 is 19.4 Å². The van der Waals surface area contributed by atoms with E-state index in [9.17, 15) is 9.90 Å². The predicted molar refractivity (Wildman–Crippen MR) is 82.9 cm³/mol. The first-order chi connectivity index (χ1) is 10.2. The topological polar surface area (TPSA) is 95.3 Å². The third kappa shape index (κ3) is 3.00. The Hall–Kier alpha value is -1.88. The van der Waals surface area contributed by atoms with E-state index in [-0.39, 0.29) is 12.2 Å². The highest BCUT2D eigenvalue weighted by molar-refractivity contribution is 6.55. The monoisotopic (exact) mass is 302 g/mol. The van der Waals surface area contributed by atoms with Crippen molar-refractivity contribution in [2.24, 2.45) is 0 Å². The van der Waals surface area contributed by atoms with Gasteiger partial charge in [-0.2, -0.15) is 5.26 Å². The third-order valence-corrected chi connectivity index (χ3v) is 4.14. The molecule has 0 unspecified atom stereocenters. The first kappa shape index (κ1) is 16.5. The fourth-order valence-electron chi connectivity index (χ4n) is 2.06. The maximum Gasteiger partial charge on any atom is 0.492 e. The molecule has 0 aliphatic carbocycles. The van der Waals surface area contributed by atoms with Gasteiger partial charge in [-0.1, -0.05) is 6.08 Å². The molecule has 2 rings (SSSR count). The van der Waals surface area contributed by atoms with Gasteiger partial charge in [0.1, 0.15) is 11.6 Å². The average molecular weight is 302 g/mol. The lowest BCUT2D eigenvalue weighted by molar-refractivity contribution is 0.00578. The lowest BCUT2D eigenvalue weighted by Gasteiger charge is -2.32. The van der Waals surface area contributed by atoms with Crippen molar-refractivity contribution in [2.75, 3.05) is 6.61 Å². The summed E-state index contributed by atoms with van der Waals surface area (Å²) in [4.78, 5) is 13.9. The zero-order valence-corrected chi connectivity index (χ0v) is 13.1. The molecule has 0 spiro atoms. The molecule has 116 valence electrons. The number of nitrogens with zero attached hydrogens (tertiary/aromatic N) is 1. The van der Waals surface area contributed by atoms with Crippen LogP contribution in [0.4, 0.5) is 0 Å². The molecule has 0 aromatic carbocycles. The van der Waals surface area contributed by atoms with Gasteiger partial charge >= 0.3 is 7.12 Å². The molecule has 1 fully saturated rings. The summed E-state index contributed by atoms with van der Waals surface area (Å²) in [6.45, 7) is 7.45. The average Bonchev–Trinajstić information content (AvgIpc) is 2.66. The van der Waals surface area contributed by atoms with Gasteiger partial charge in [0.2, 0.25) is 0 Å². The van der Waals surface area contributed by atoms with E-state index in [2.05, 4.69) is 4.98 Å². The van der Waals surface area contributed by atoms with Gasteiger partial charge in [-0.25, -0.2) is 0 Å². The molecule has 0 amide bonds. The highest BCUT2D eigenvalue weighted by atomic mass is 16.7. The number of hydrogen-bond donors (Lipinski definition) is 2. The normalized spacial score (nSPS) is 20.0. The van der Waals surface area contributed by atoms with Crippen molar-refractivity contribution in [2.45, 2.75) is 38.9 Å². The summed E-state index contributed by atoms with van der Waals surface area (Å²) in [5.74, 6) is 0. The van der Waals surface area contributed by atoms with E-state index in [1.165, 1.54) is 12.3 Å². The van der Waals surface area contributed by atoms with Crippen LogP contribution in [0.2, 0.25) is 0 Å². The molecule has 0 radical (unpaired) electrons. The van der Waals surface area contributed by atoms with Crippen LogP contribution >= 0.6 is 0 Å². The summed E-state index contributed by atoms with van der Waals surface area (Å²) in [5, 5.41) is 18.5. The zero-order valence-electron chi connectivity index (χ0n) is 13.1. The number of pyridine rings is 1. The Labute approximate surface area is 129 Å². The number of aliphatic hydroxyl groups is 1. The molecule has 0 atom stereocenters. The van der Waals surface area contributed by atoms with Crippen LogP contribution in [0.3, 0.4) is 0 Å². The van der Waals surface area contributed by atoms with Crippen molar-refractivity contribution in [3.8, 4) is 6.07 Å². The molecule has 1 saturated heterocycles. The van der Waals surface area contributed by atoms with Gasteiger partial charge in [0.05, 0.1) is 17.8 Å². The number of nitriles is 1. The maximum absolute atomic E-state index is 11.4. The summed E-state index contributed by atoms with van der Waals surface area (Å²) in [7, 11) is -0.674. The summed E-state index contributed by atoms with van der Waals surface area (Å²) in [5.41, 5.74) is -0.325. The summed E-state index contributed by atoms with van der Waals surface area (Å²) in [6, 6.07) is 3.28. The van der Waals surface area contributed by atoms with Crippen LogP contribution in [0.5, 0.6) is 0 Å². The van der Waals surface area contributed by atoms with E-state index in [0.717, 1.165) is 0 Å². The van der Waals surface area contributed by atoms with E-state index in [4.69, 9.17) is 14.6 Å². The number of aromatic nitrogens is 1. The van der Waals surface area contributed by atoms with E-state index in [1.807, 2.05) is 33.8 Å². The summed E-state index contributed by atoms with van der Waals surface area (Å²) >= 11 is 0. The smallest absolute Gasteiger partial charge is 0.400 e. The minimum absolute atomic E-state index is 0.0139. The van der Waals surface area contributed by atoms with Crippen molar-refractivity contribution in [1.29, 1.82) is 5.26 Å². The largest absolute Gasteiger partial charge is 0.492 e. The molecule has 1 aromatic heterocycles. The molecular formula is C15H19BN2O4. The number of nitrogens with one attached hydrogen (secondary N) is 1. The Balaban J connectivity index is 2.34. The highest BCUT2D eigenvalue weighted by Gasteiger charge is 2.52. The summed E-state index contributed by atoms with van der Waals surface area (Å²) < 4.78 is 11.8. The van der Waals surface area contributed by atoms with Crippen LogP contribution in [-0.4, -0.2) is 35.0 Å². The second-order valence-electron chi connectivity index (χ2n) is 6.25. The molecule has 2 heterocycles. The SMILES string of the molecule is CC1(C)OB(C(=Cc2c[nH]c(=O)c(C#N)c2)CO)OC1(C)C. The van der Waals surface area contributed by atoms with Crippen LogP contribution in [-0.2, 0) is 9.31 Å². The van der Waals surface area contributed by atoms with Gasteiger partial charge in [-0.15, -0.1) is 0 Å². The van der Waals surface area contributed by atoms with Crippen molar-refractivity contribution in [1.82, 2.24) is 4.98 Å². The fourth-order valence-corrected chi connectivity index (χ4v) is 2.06. The third-order valence-electron chi connectivity index (χ3n) is 4.14. The van der Waals surface area contributed by atoms with E-state index in [1.54, 1.807) is 6.08 Å². The standard InChI is InChI=1S/C15H19BN2O4/c1-14(2)15(3,4)22-16(21-14)12(9-19)6-10-5-11(7-17)13(20)18-8-10/h5-6,8,19H,9H2,1-4H3,(H,18,20). The molecular weight excluding hydrogens is 283 g/mol. The van der Waals surface area contributed by atoms with Crippen LogP contribution in [0.1, 0.15) is 38.8 Å². The lowest BCUT2D eigenvalue weighted by atomic mass is 9.77. The molecule has 1 aliphatic heterocycles. The Bertz CT molecular complexity index is 684. The number of aromatic amines is 1. The quantitative estimate of drug-likeness (QED) is 0.819. The maximum atomic E-state index is 11.4. The van der Waals surface area contributed by atoms with Gasteiger partial charge in [0.15, 0.2) is 0 Å². The fraction of sp³-hybridized carbons (Fsp3) is 0.467. The van der Waals surface area contributed by atoms with Gasteiger partial charge in [-0.05, 0) is 44.8 Å². The second-order valence-corrected chi connectivity index (χ2v) is 6.25. The molecule has 22 heavy (non-hydrogen) atoms. The number of H-pyrrole nitrogens is 1. The Morgan fingerprint density at radius 3 is 2.50 bits per heavy atom. The van der Waals surface area contributed by atoms with Crippen LogP contribution in [0.25, 0.3) is 6.08 Å². The van der Waals surface area contributed by atoms with Crippen LogP contribution in [0, 0.1) is 11.3 Å². The second kappa shape index (κ2) is 5.73. The van der Waals surface area contributed by atoms with Crippen molar-refractivity contribution in [3.63, 3.8) is 0 Å². The van der Waals surface area contributed by atoms with Crippen molar-refractivity contribution < 1.29 is 14.4 Å². The Morgan fingerprint density at radius 2 is 2.00 bits per heavy atom. The van der Waals surface area contributed by atoms with Crippen molar-refractivity contribution >= 4 is 13.2 Å². The van der Waals surface area contributed by atoms with Crippen LogP contribution < -0.4 is 5.56 Å². The molecule has 2 N–H and O–H groups in total. The van der Waals surface area contributed by atoms with Gasteiger partial charge in [-0.3, -0.25) is 4.79 Å². The number of aliphatic hydroxyl groups excluding tert-OH is 1. The molecule has 6 nitrogen and oxygen atoms in total. The van der Waals surface area contributed by atoms with Gasteiger partial charge in [0.25, 0.3) is 5.56 Å². The summed E-state index contributed by atoms with van der Waals surface area (Å²) in [6.07, 6.45) is 3.13.